The van der Waals surface area contributed by atoms with E-state index in [9.17, 15) is 4.79 Å². The number of amides is 1. The van der Waals surface area contributed by atoms with E-state index in [1.165, 1.54) is 4.90 Å². The highest BCUT2D eigenvalue weighted by Gasteiger charge is 2.24. The molecule has 0 saturated carbocycles. The number of nitrogens with one attached hydrogen (secondary N) is 1. The second-order valence-electron chi connectivity index (χ2n) is 8.38. The lowest BCUT2D eigenvalue weighted by atomic mass is 10.1. The van der Waals surface area contributed by atoms with Crippen molar-refractivity contribution >= 4 is 45.8 Å². The van der Waals surface area contributed by atoms with Crippen molar-refractivity contribution in [1.82, 2.24) is 14.9 Å². The Hall–Kier alpha value is -3.30. The van der Waals surface area contributed by atoms with Crippen LogP contribution in [0.3, 0.4) is 0 Å². The Morgan fingerprint density at radius 2 is 1.88 bits per heavy atom. The summed E-state index contributed by atoms with van der Waals surface area (Å²) < 4.78 is 11.5. The molecule has 2 N–H and O–H groups in total. The molecule has 0 spiro atoms. The summed E-state index contributed by atoms with van der Waals surface area (Å²) in [5.74, 6) is 1.29. The third kappa shape index (κ3) is 4.95. The van der Waals surface area contributed by atoms with Gasteiger partial charge in [0, 0.05) is 55.8 Å². The van der Waals surface area contributed by atoms with Gasteiger partial charge in [-0.3, -0.25) is 0 Å². The minimum atomic E-state index is -0.888. The van der Waals surface area contributed by atoms with Gasteiger partial charge in [-0.25, -0.2) is 14.8 Å². The number of halogens is 1. The number of morpholine rings is 1. The average molecular weight is 484 g/mol. The number of benzene rings is 2. The minimum Gasteiger partial charge on any atom is -0.489 e. The predicted molar refractivity (Wildman–Crippen MR) is 131 cm³/mol. The molecule has 1 amide bonds. The third-order valence-corrected chi connectivity index (χ3v) is 6.49. The Bertz CT molecular complexity index is 1180. The van der Waals surface area contributed by atoms with Crippen LogP contribution in [-0.2, 0) is 4.74 Å². The van der Waals surface area contributed by atoms with Gasteiger partial charge in [0.15, 0.2) is 0 Å². The Labute approximate surface area is 202 Å². The zero-order valence-electron chi connectivity index (χ0n) is 18.6. The van der Waals surface area contributed by atoms with Gasteiger partial charge in [0.2, 0.25) is 0 Å². The summed E-state index contributed by atoms with van der Waals surface area (Å²) in [4.78, 5) is 23.7. The van der Waals surface area contributed by atoms with E-state index in [0.29, 0.717) is 42.5 Å². The molecule has 1 aromatic heterocycles. The van der Waals surface area contributed by atoms with Crippen LogP contribution in [-0.4, -0.2) is 71.6 Å². The van der Waals surface area contributed by atoms with Crippen molar-refractivity contribution in [3.63, 3.8) is 0 Å². The number of likely N-dealkylation sites (tertiary alicyclic amines) is 1. The molecular formula is C24H26ClN5O4. The smallest absolute Gasteiger partial charge is 0.407 e. The van der Waals surface area contributed by atoms with Crippen LogP contribution in [0.25, 0.3) is 10.9 Å². The van der Waals surface area contributed by atoms with Gasteiger partial charge in [0.25, 0.3) is 0 Å². The highest BCUT2D eigenvalue weighted by Crippen LogP contribution is 2.33. The topological polar surface area (TPSA) is 100 Å². The third-order valence-electron chi connectivity index (χ3n) is 6.20. The second-order valence-corrected chi connectivity index (χ2v) is 8.79. The fourth-order valence-electron chi connectivity index (χ4n) is 4.32. The number of ether oxygens (including phenoxy) is 2. The highest BCUT2D eigenvalue weighted by atomic mass is 35.5. The lowest BCUT2D eigenvalue weighted by Crippen LogP contribution is -2.41. The van der Waals surface area contributed by atoms with Crippen LogP contribution in [0.4, 0.5) is 22.0 Å². The molecule has 5 rings (SSSR count). The Morgan fingerprint density at radius 1 is 1.09 bits per heavy atom. The summed E-state index contributed by atoms with van der Waals surface area (Å²) in [7, 11) is 0. The van der Waals surface area contributed by atoms with Gasteiger partial charge in [0.1, 0.15) is 24.0 Å². The molecule has 2 aromatic carbocycles. The van der Waals surface area contributed by atoms with Crippen LogP contribution in [0.5, 0.6) is 5.75 Å². The summed E-state index contributed by atoms with van der Waals surface area (Å²) in [6.07, 6.45) is 1.88. The minimum absolute atomic E-state index is 0.0590. The molecule has 2 fully saturated rings. The van der Waals surface area contributed by atoms with Crippen LogP contribution in [0.2, 0.25) is 5.02 Å². The van der Waals surface area contributed by atoms with E-state index in [4.69, 9.17) is 26.2 Å². The van der Waals surface area contributed by atoms with E-state index in [1.807, 2.05) is 24.3 Å². The van der Waals surface area contributed by atoms with E-state index >= 15 is 0 Å². The molecule has 0 aliphatic carbocycles. The molecule has 3 heterocycles. The van der Waals surface area contributed by atoms with Gasteiger partial charge < -0.3 is 29.7 Å². The van der Waals surface area contributed by atoms with Crippen molar-refractivity contribution in [2.24, 2.45) is 0 Å². The summed E-state index contributed by atoms with van der Waals surface area (Å²) in [5, 5.41) is 13.9. The van der Waals surface area contributed by atoms with Gasteiger partial charge in [0.05, 0.1) is 23.8 Å². The average Bonchev–Trinajstić information content (AvgIpc) is 2.86. The van der Waals surface area contributed by atoms with Crippen LogP contribution in [0.1, 0.15) is 12.8 Å². The van der Waals surface area contributed by atoms with E-state index in [1.54, 1.807) is 6.33 Å². The number of anilines is 3. The first kappa shape index (κ1) is 22.5. The molecule has 2 saturated heterocycles. The molecular weight excluding hydrogens is 458 g/mol. The van der Waals surface area contributed by atoms with E-state index < -0.39 is 6.09 Å². The van der Waals surface area contributed by atoms with Gasteiger partial charge in [-0.05, 0) is 36.4 Å². The van der Waals surface area contributed by atoms with Gasteiger partial charge in [-0.1, -0.05) is 11.6 Å². The molecule has 9 nitrogen and oxygen atoms in total. The van der Waals surface area contributed by atoms with Crippen LogP contribution >= 0.6 is 11.6 Å². The Balaban J connectivity index is 1.31. The molecule has 0 bridgehead atoms. The Morgan fingerprint density at radius 3 is 2.62 bits per heavy atom. The first-order valence-corrected chi connectivity index (χ1v) is 11.7. The van der Waals surface area contributed by atoms with Crippen molar-refractivity contribution in [3.8, 4) is 5.75 Å². The van der Waals surface area contributed by atoms with Crippen LogP contribution in [0, 0.1) is 0 Å². The van der Waals surface area contributed by atoms with Crippen molar-refractivity contribution < 1.29 is 19.4 Å². The number of nitrogens with zero attached hydrogens (tertiary/aromatic N) is 4. The first-order chi connectivity index (χ1) is 16.6. The number of hydrogen-bond acceptors (Lipinski definition) is 7. The molecule has 0 atom stereocenters. The Kier molecular flexibility index (Phi) is 6.55. The summed E-state index contributed by atoms with van der Waals surface area (Å²) in [5.41, 5.74) is 2.76. The maximum atomic E-state index is 11.1. The number of rotatable bonds is 5. The van der Waals surface area contributed by atoms with Crippen molar-refractivity contribution in [2.45, 2.75) is 18.9 Å². The van der Waals surface area contributed by atoms with E-state index in [0.717, 1.165) is 48.6 Å². The normalized spacial score (nSPS) is 17.1. The number of hydrogen-bond donors (Lipinski definition) is 2. The van der Waals surface area contributed by atoms with Crippen LogP contribution < -0.4 is 15.0 Å². The summed E-state index contributed by atoms with van der Waals surface area (Å²) in [6, 6.07) is 11.7. The first-order valence-electron chi connectivity index (χ1n) is 11.4. The molecule has 34 heavy (non-hydrogen) atoms. The highest BCUT2D eigenvalue weighted by molar-refractivity contribution is 6.32. The monoisotopic (exact) mass is 483 g/mol. The van der Waals surface area contributed by atoms with Crippen molar-refractivity contribution in [3.05, 3.63) is 47.7 Å². The standard InChI is InChI=1S/C24H26ClN5O4/c25-20-13-16(1-4-22(20)34-18-5-7-30(8-6-18)24(31)32)28-23-19-14-17(29-9-11-33-12-10-29)2-3-21(19)26-15-27-23/h1-4,13-15,18H,5-12H2,(H,31,32)(H,26,27,28). The molecule has 2 aliphatic heterocycles. The largest absolute Gasteiger partial charge is 0.489 e. The van der Waals surface area contributed by atoms with Gasteiger partial charge >= 0.3 is 6.09 Å². The van der Waals surface area contributed by atoms with Gasteiger partial charge in [-0.15, -0.1) is 0 Å². The fourth-order valence-corrected chi connectivity index (χ4v) is 4.54. The maximum absolute atomic E-state index is 11.1. The molecule has 0 unspecified atom stereocenters. The van der Waals surface area contributed by atoms with Crippen LogP contribution in [0.15, 0.2) is 42.7 Å². The number of aromatic nitrogens is 2. The lowest BCUT2D eigenvalue weighted by molar-refractivity contribution is 0.0895. The van der Waals surface area contributed by atoms with Crippen molar-refractivity contribution in [1.29, 1.82) is 0 Å². The molecule has 3 aromatic rings. The molecule has 0 radical (unpaired) electrons. The zero-order chi connectivity index (χ0) is 23.5. The lowest BCUT2D eigenvalue weighted by Gasteiger charge is -2.30. The summed E-state index contributed by atoms with van der Waals surface area (Å²) >= 11 is 6.52. The van der Waals surface area contributed by atoms with E-state index in [2.05, 4.69) is 32.3 Å². The number of piperidine rings is 1. The number of fused-ring (bicyclic) bond motifs is 1. The molecule has 10 heteroatoms. The zero-order valence-corrected chi connectivity index (χ0v) is 19.4. The maximum Gasteiger partial charge on any atom is 0.407 e. The quantitative estimate of drug-likeness (QED) is 0.551. The number of carbonyl (C=O) groups is 1. The molecule has 2 aliphatic rings. The van der Waals surface area contributed by atoms with Crippen molar-refractivity contribution in [2.75, 3.05) is 49.6 Å². The fraction of sp³-hybridized carbons (Fsp3) is 0.375. The second kappa shape index (κ2) is 9.90. The predicted octanol–water partition coefficient (Wildman–Crippen LogP) is 4.38. The SMILES string of the molecule is O=C(O)N1CCC(Oc2ccc(Nc3ncnc4ccc(N5CCOCC5)cc34)cc2Cl)CC1. The summed E-state index contributed by atoms with van der Waals surface area (Å²) in [6.45, 7) is 4.08. The van der Waals surface area contributed by atoms with Gasteiger partial charge in [-0.2, -0.15) is 0 Å². The van der Waals surface area contributed by atoms with E-state index in [-0.39, 0.29) is 6.10 Å². The number of carboxylic acid groups (broad SMARTS) is 1. The molecule has 178 valence electrons.